The van der Waals surface area contributed by atoms with Crippen molar-refractivity contribution in [3.8, 4) is 5.75 Å². The lowest BCUT2D eigenvalue weighted by molar-refractivity contribution is 0.0943. The van der Waals surface area contributed by atoms with E-state index < -0.39 is 0 Å². The Balaban J connectivity index is 1.93. The molecule has 0 aliphatic heterocycles. The van der Waals surface area contributed by atoms with Gasteiger partial charge in [-0.15, -0.1) is 0 Å². The third kappa shape index (κ3) is 3.93. The van der Waals surface area contributed by atoms with Crippen molar-refractivity contribution in [1.29, 1.82) is 0 Å². The number of aromatic hydroxyl groups is 1. The average molecular weight is 255 g/mol. The topological polar surface area (TPSA) is 40.5 Å². The number of likely N-dealkylation sites (N-methyl/N-ethyl adjacent to an activating group) is 1. The molecule has 19 heavy (non-hydrogen) atoms. The predicted octanol–water partition coefficient (Wildman–Crippen LogP) is 2.71. The third-order valence-corrected chi connectivity index (χ3v) is 2.90. The van der Waals surface area contributed by atoms with E-state index in [-0.39, 0.29) is 11.5 Å². The molecule has 0 atom stereocenters. The molecule has 0 radical (unpaired) electrons. The molecule has 2 rings (SSSR count). The van der Waals surface area contributed by atoms with Crippen molar-refractivity contribution in [2.24, 2.45) is 0 Å². The molecule has 0 saturated carbocycles. The molecule has 2 aromatic rings. The fourth-order valence-corrected chi connectivity index (χ4v) is 1.93. The fraction of sp³-hybridized carbons (Fsp3) is 0.188. The first-order chi connectivity index (χ1) is 9.15. The van der Waals surface area contributed by atoms with Gasteiger partial charge in [0.05, 0.1) is 6.54 Å². The van der Waals surface area contributed by atoms with Gasteiger partial charge in [-0.1, -0.05) is 30.3 Å². The fourth-order valence-electron chi connectivity index (χ4n) is 1.93. The van der Waals surface area contributed by atoms with Crippen LogP contribution in [0.25, 0.3) is 0 Å². The Bertz CT molecular complexity index is 534. The van der Waals surface area contributed by atoms with Gasteiger partial charge in [0.25, 0.3) is 0 Å². The van der Waals surface area contributed by atoms with E-state index in [1.807, 2.05) is 42.3 Å². The van der Waals surface area contributed by atoms with E-state index >= 15 is 0 Å². The maximum Gasteiger partial charge on any atom is 0.176 e. The normalized spacial score (nSPS) is 10.6. The standard InChI is InChI=1S/C16H17NO2/c1-17(11-13-5-3-2-4-6-13)12-16(19)14-7-9-15(18)10-8-14/h2-10,18H,11-12H2,1H3. The molecule has 0 heterocycles. The highest BCUT2D eigenvalue weighted by Crippen LogP contribution is 2.11. The van der Waals surface area contributed by atoms with Crippen LogP contribution < -0.4 is 0 Å². The lowest BCUT2D eigenvalue weighted by Gasteiger charge is -2.15. The summed E-state index contributed by atoms with van der Waals surface area (Å²) in [4.78, 5) is 14.0. The molecule has 0 fully saturated rings. The third-order valence-electron chi connectivity index (χ3n) is 2.90. The number of carbonyl (C=O) groups excluding carboxylic acids is 1. The summed E-state index contributed by atoms with van der Waals surface area (Å²) in [7, 11) is 1.92. The Morgan fingerprint density at radius 1 is 1.05 bits per heavy atom. The monoisotopic (exact) mass is 255 g/mol. The number of carbonyl (C=O) groups is 1. The number of rotatable bonds is 5. The molecule has 3 nitrogen and oxygen atoms in total. The van der Waals surface area contributed by atoms with Gasteiger partial charge in [0.15, 0.2) is 5.78 Å². The van der Waals surface area contributed by atoms with Gasteiger partial charge in [-0.3, -0.25) is 9.69 Å². The largest absolute Gasteiger partial charge is 0.508 e. The van der Waals surface area contributed by atoms with Crippen LogP contribution in [0.1, 0.15) is 15.9 Å². The average Bonchev–Trinajstić information content (AvgIpc) is 2.40. The SMILES string of the molecule is CN(CC(=O)c1ccc(O)cc1)Cc1ccccc1. The maximum atomic E-state index is 12.0. The summed E-state index contributed by atoms with van der Waals surface area (Å²) in [5.74, 6) is 0.229. The molecule has 1 N–H and O–H groups in total. The van der Waals surface area contributed by atoms with Gasteiger partial charge >= 0.3 is 0 Å². The van der Waals surface area contributed by atoms with Crippen molar-refractivity contribution >= 4 is 5.78 Å². The molecule has 0 saturated heterocycles. The van der Waals surface area contributed by atoms with Gasteiger partial charge in [-0.25, -0.2) is 0 Å². The molecule has 2 aromatic carbocycles. The van der Waals surface area contributed by atoms with E-state index in [2.05, 4.69) is 0 Å². The second-order valence-electron chi connectivity index (χ2n) is 4.63. The van der Waals surface area contributed by atoms with E-state index in [0.29, 0.717) is 12.1 Å². The van der Waals surface area contributed by atoms with E-state index in [1.165, 1.54) is 17.7 Å². The number of hydrogen-bond donors (Lipinski definition) is 1. The molecule has 0 amide bonds. The second-order valence-corrected chi connectivity index (χ2v) is 4.63. The highest BCUT2D eigenvalue weighted by atomic mass is 16.3. The quantitative estimate of drug-likeness (QED) is 0.835. The van der Waals surface area contributed by atoms with Crippen LogP contribution in [0.3, 0.4) is 0 Å². The van der Waals surface area contributed by atoms with Gasteiger partial charge in [0.2, 0.25) is 0 Å². The number of hydrogen-bond acceptors (Lipinski definition) is 3. The molecule has 0 unspecified atom stereocenters. The summed E-state index contributed by atoms with van der Waals surface area (Å²) in [6, 6.07) is 16.4. The van der Waals surface area contributed by atoms with Gasteiger partial charge in [0, 0.05) is 12.1 Å². The van der Waals surface area contributed by atoms with Crippen LogP contribution in [-0.4, -0.2) is 29.4 Å². The molecule has 3 heteroatoms. The van der Waals surface area contributed by atoms with Crippen LogP contribution in [0.5, 0.6) is 5.75 Å². The van der Waals surface area contributed by atoms with Gasteiger partial charge in [0.1, 0.15) is 5.75 Å². The second kappa shape index (κ2) is 6.16. The van der Waals surface area contributed by atoms with Gasteiger partial charge in [-0.2, -0.15) is 0 Å². The molecule has 0 aromatic heterocycles. The Hall–Kier alpha value is -2.13. The summed E-state index contributed by atoms with van der Waals surface area (Å²) < 4.78 is 0. The predicted molar refractivity (Wildman–Crippen MR) is 75.2 cm³/mol. The smallest absolute Gasteiger partial charge is 0.176 e. The minimum Gasteiger partial charge on any atom is -0.508 e. The zero-order chi connectivity index (χ0) is 13.7. The van der Waals surface area contributed by atoms with Crippen LogP contribution >= 0.6 is 0 Å². The first kappa shape index (κ1) is 13.3. The number of ketones is 1. The maximum absolute atomic E-state index is 12.0. The van der Waals surface area contributed by atoms with Crippen molar-refractivity contribution in [1.82, 2.24) is 4.90 Å². The number of nitrogens with zero attached hydrogens (tertiary/aromatic N) is 1. The zero-order valence-electron chi connectivity index (χ0n) is 10.9. The Labute approximate surface area is 113 Å². The van der Waals surface area contributed by atoms with E-state index in [4.69, 9.17) is 0 Å². The number of phenols is 1. The lowest BCUT2D eigenvalue weighted by atomic mass is 10.1. The lowest BCUT2D eigenvalue weighted by Crippen LogP contribution is -2.25. The van der Waals surface area contributed by atoms with E-state index in [9.17, 15) is 9.90 Å². The minimum atomic E-state index is 0.0541. The minimum absolute atomic E-state index is 0.0541. The summed E-state index contributed by atoms with van der Waals surface area (Å²) in [5, 5.41) is 9.19. The van der Waals surface area contributed by atoms with E-state index in [0.717, 1.165) is 6.54 Å². The van der Waals surface area contributed by atoms with Crippen LogP contribution in [0.4, 0.5) is 0 Å². The first-order valence-electron chi connectivity index (χ1n) is 6.20. The number of benzene rings is 2. The summed E-state index contributed by atoms with van der Waals surface area (Å²) >= 11 is 0. The summed E-state index contributed by atoms with van der Waals surface area (Å²) in [6.45, 7) is 1.10. The Morgan fingerprint density at radius 2 is 1.68 bits per heavy atom. The molecule has 0 aliphatic rings. The molecule has 0 bridgehead atoms. The van der Waals surface area contributed by atoms with Gasteiger partial charge < -0.3 is 5.11 Å². The van der Waals surface area contributed by atoms with Crippen LogP contribution in [-0.2, 0) is 6.54 Å². The van der Waals surface area contributed by atoms with Crippen LogP contribution in [0, 0.1) is 0 Å². The molecular formula is C16H17NO2. The first-order valence-corrected chi connectivity index (χ1v) is 6.20. The van der Waals surface area contributed by atoms with Crippen molar-refractivity contribution in [2.45, 2.75) is 6.54 Å². The highest BCUT2D eigenvalue weighted by Gasteiger charge is 2.09. The highest BCUT2D eigenvalue weighted by molar-refractivity contribution is 5.97. The Kier molecular flexibility index (Phi) is 4.31. The summed E-state index contributed by atoms with van der Waals surface area (Å²) in [5.41, 5.74) is 1.81. The van der Waals surface area contributed by atoms with Gasteiger partial charge in [-0.05, 0) is 36.9 Å². The van der Waals surface area contributed by atoms with E-state index in [1.54, 1.807) is 12.1 Å². The van der Waals surface area contributed by atoms with Crippen LogP contribution in [0.2, 0.25) is 0 Å². The molecule has 0 aliphatic carbocycles. The Morgan fingerprint density at radius 3 is 2.32 bits per heavy atom. The van der Waals surface area contributed by atoms with Crippen molar-refractivity contribution < 1.29 is 9.90 Å². The van der Waals surface area contributed by atoms with Crippen molar-refractivity contribution in [3.05, 3.63) is 65.7 Å². The number of phenolic OH excluding ortho intramolecular Hbond substituents is 1. The molecular weight excluding hydrogens is 238 g/mol. The van der Waals surface area contributed by atoms with Crippen molar-refractivity contribution in [3.63, 3.8) is 0 Å². The number of Topliss-reactive ketones (excluding diaryl/α,β-unsaturated/α-hetero) is 1. The molecule has 98 valence electrons. The van der Waals surface area contributed by atoms with Crippen molar-refractivity contribution in [2.75, 3.05) is 13.6 Å². The zero-order valence-corrected chi connectivity index (χ0v) is 10.9. The summed E-state index contributed by atoms with van der Waals surface area (Å²) in [6.07, 6.45) is 0. The molecule has 0 spiro atoms. The van der Waals surface area contributed by atoms with Crippen LogP contribution in [0.15, 0.2) is 54.6 Å².